The monoisotopic (exact) mass is 443 g/mol. The molecule has 2 amide bonds. The van der Waals surface area contributed by atoms with Crippen LogP contribution in [0.25, 0.3) is 11.1 Å². The van der Waals surface area contributed by atoms with Gasteiger partial charge in [-0.3, -0.25) is 14.6 Å². The van der Waals surface area contributed by atoms with Gasteiger partial charge in [0.25, 0.3) is 5.91 Å². The van der Waals surface area contributed by atoms with Gasteiger partial charge >= 0.3 is 0 Å². The van der Waals surface area contributed by atoms with E-state index in [1.807, 2.05) is 42.5 Å². The van der Waals surface area contributed by atoms with E-state index in [0.717, 1.165) is 22.3 Å². The van der Waals surface area contributed by atoms with Crippen LogP contribution in [0.1, 0.15) is 11.1 Å². The molecule has 170 valence electrons. The summed E-state index contributed by atoms with van der Waals surface area (Å²) in [5, 5.41) is 0. The lowest BCUT2D eigenvalue weighted by Crippen LogP contribution is -2.62. The van der Waals surface area contributed by atoms with Crippen LogP contribution in [-0.2, 0) is 27.2 Å². The Morgan fingerprint density at radius 2 is 1.70 bits per heavy atom. The number of morpholine rings is 1. The van der Waals surface area contributed by atoms with Gasteiger partial charge in [0.15, 0.2) is 5.60 Å². The van der Waals surface area contributed by atoms with Crippen LogP contribution in [0.4, 0.5) is 0 Å². The lowest BCUT2D eigenvalue weighted by molar-refractivity contribution is -0.172. The Balaban J connectivity index is 1.54. The lowest BCUT2D eigenvalue weighted by atomic mass is 9.89. The zero-order valence-electron chi connectivity index (χ0n) is 19.1. The van der Waals surface area contributed by atoms with E-state index in [9.17, 15) is 9.59 Å². The molecule has 1 aliphatic heterocycles. The number of nitrogens with zero attached hydrogens (tertiary/aromatic N) is 3. The number of amides is 2. The number of aromatic nitrogens is 1. The van der Waals surface area contributed by atoms with Gasteiger partial charge in [-0.05, 0) is 28.3 Å². The van der Waals surface area contributed by atoms with Crippen molar-refractivity contribution >= 4 is 11.8 Å². The summed E-state index contributed by atoms with van der Waals surface area (Å²) in [5.74, 6) is -0.157. The first-order valence-corrected chi connectivity index (χ1v) is 11.1. The molecule has 0 radical (unpaired) electrons. The van der Waals surface area contributed by atoms with Crippen LogP contribution in [0.15, 0.2) is 79.1 Å². The van der Waals surface area contributed by atoms with Crippen LogP contribution in [0, 0.1) is 0 Å². The standard InChI is InChI=1S/C27H29N3O3/c1-29(2)26(32)27(18-21-10-12-24(13-11-21)23-8-4-3-5-9-23)20-30(15-16-33-27)25(31)17-22-7-6-14-28-19-22/h3-14,19H,15-18,20H2,1-2H3/t27-/m1/s1. The number of hydrogen-bond donors (Lipinski definition) is 0. The number of carbonyl (C=O) groups excluding carboxylic acids is 2. The van der Waals surface area contributed by atoms with E-state index in [2.05, 4.69) is 29.2 Å². The fourth-order valence-electron chi connectivity index (χ4n) is 4.28. The van der Waals surface area contributed by atoms with Crippen LogP contribution in [0.3, 0.4) is 0 Å². The molecular weight excluding hydrogens is 414 g/mol. The van der Waals surface area contributed by atoms with Gasteiger partial charge in [-0.2, -0.15) is 0 Å². The number of rotatable bonds is 6. The topological polar surface area (TPSA) is 62.7 Å². The average molecular weight is 444 g/mol. The van der Waals surface area contributed by atoms with Crippen molar-refractivity contribution in [2.24, 2.45) is 0 Å². The molecule has 2 aromatic carbocycles. The molecule has 33 heavy (non-hydrogen) atoms. The third-order valence-corrected chi connectivity index (χ3v) is 5.96. The van der Waals surface area contributed by atoms with Crippen LogP contribution < -0.4 is 0 Å². The third kappa shape index (κ3) is 5.29. The van der Waals surface area contributed by atoms with E-state index in [-0.39, 0.29) is 24.8 Å². The Kier molecular flexibility index (Phi) is 6.84. The second kappa shape index (κ2) is 9.96. The summed E-state index contributed by atoms with van der Waals surface area (Å²) >= 11 is 0. The molecule has 0 saturated carbocycles. The van der Waals surface area contributed by atoms with Crippen molar-refractivity contribution in [1.29, 1.82) is 0 Å². The molecule has 1 fully saturated rings. The van der Waals surface area contributed by atoms with Crippen LogP contribution in [-0.4, -0.2) is 66.0 Å². The molecule has 0 bridgehead atoms. The first kappa shape index (κ1) is 22.7. The Bertz CT molecular complexity index is 1080. The highest BCUT2D eigenvalue weighted by Gasteiger charge is 2.45. The zero-order chi connectivity index (χ0) is 23.3. The normalized spacial score (nSPS) is 18.1. The van der Waals surface area contributed by atoms with Crippen molar-refractivity contribution in [2.75, 3.05) is 33.8 Å². The highest BCUT2D eigenvalue weighted by atomic mass is 16.5. The van der Waals surface area contributed by atoms with Gasteiger partial charge in [0.2, 0.25) is 5.91 Å². The number of pyridine rings is 1. The first-order valence-electron chi connectivity index (χ1n) is 11.1. The molecule has 0 aliphatic carbocycles. The molecule has 4 rings (SSSR count). The Hall–Kier alpha value is -3.51. The zero-order valence-corrected chi connectivity index (χ0v) is 19.1. The quantitative estimate of drug-likeness (QED) is 0.587. The largest absolute Gasteiger partial charge is 0.361 e. The van der Waals surface area contributed by atoms with Crippen molar-refractivity contribution in [1.82, 2.24) is 14.8 Å². The predicted octanol–water partition coefficient (Wildman–Crippen LogP) is 3.22. The van der Waals surface area contributed by atoms with Gasteiger partial charge in [0.1, 0.15) is 0 Å². The fourth-order valence-corrected chi connectivity index (χ4v) is 4.28. The van der Waals surface area contributed by atoms with Gasteiger partial charge < -0.3 is 14.5 Å². The second-order valence-corrected chi connectivity index (χ2v) is 8.64. The summed E-state index contributed by atoms with van der Waals surface area (Å²) in [6.45, 7) is 1.01. The highest BCUT2D eigenvalue weighted by Crippen LogP contribution is 2.27. The summed E-state index contributed by atoms with van der Waals surface area (Å²) in [7, 11) is 3.45. The predicted molar refractivity (Wildman–Crippen MR) is 127 cm³/mol. The summed E-state index contributed by atoms with van der Waals surface area (Å²) in [6, 6.07) is 22.1. The van der Waals surface area contributed by atoms with E-state index in [0.29, 0.717) is 19.6 Å². The SMILES string of the molecule is CN(C)C(=O)[C@@]1(Cc2ccc(-c3ccccc3)cc2)CN(C(=O)Cc2cccnc2)CCO1. The number of benzene rings is 2. The number of ether oxygens (including phenoxy) is 1. The highest BCUT2D eigenvalue weighted by molar-refractivity contribution is 5.87. The maximum absolute atomic E-state index is 13.3. The maximum Gasteiger partial charge on any atom is 0.256 e. The lowest BCUT2D eigenvalue weighted by Gasteiger charge is -2.43. The van der Waals surface area contributed by atoms with Crippen LogP contribution in [0.2, 0.25) is 0 Å². The van der Waals surface area contributed by atoms with Gasteiger partial charge in [-0.25, -0.2) is 0 Å². The molecular formula is C27H29N3O3. The summed E-state index contributed by atoms with van der Waals surface area (Å²) < 4.78 is 6.14. The summed E-state index contributed by atoms with van der Waals surface area (Å²) in [5.41, 5.74) is 3.00. The second-order valence-electron chi connectivity index (χ2n) is 8.64. The molecule has 6 nitrogen and oxygen atoms in total. The minimum atomic E-state index is -1.11. The van der Waals surface area contributed by atoms with E-state index in [1.54, 1.807) is 36.3 Å². The number of carbonyl (C=O) groups is 2. The van der Waals surface area contributed by atoms with Gasteiger partial charge in [0.05, 0.1) is 19.6 Å². The molecule has 1 aliphatic rings. The van der Waals surface area contributed by atoms with Gasteiger partial charge in [-0.15, -0.1) is 0 Å². The Morgan fingerprint density at radius 3 is 2.36 bits per heavy atom. The van der Waals surface area contributed by atoms with Crippen LogP contribution in [0.5, 0.6) is 0 Å². The molecule has 1 atom stereocenters. The minimum Gasteiger partial charge on any atom is -0.361 e. The van der Waals surface area contributed by atoms with Crippen molar-refractivity contribution in [3.05, 3.63) is 90.3 Å². The van der Waals surface area contributed by atoms with Crippen molar-refractivity contribution < 1.29 is 14.3 Å². The fraction of sp³-hybridized carbons (Fsp3) is 0.296. The molecule has 2 heterocycles. The van der Waals surface area contributed by atoms with E-state index < -0.39 is 5.60 Å². The van der Waals surface area contributed by atoms with Crippen molar-refractivity contribution in [3.8, 4) is 11.1 Å². The molecule has 1 aromatic heterocycles. The Labute approximate surface area is 194 Å². The molecule has 0 N–H and O–H groups in total. The first-order chi connectivity index (χ1) is 16.0. The molecule has 3 aromatic rings. The number of likely N-dealkylation sites (N-methyl/N-ethyl adjacent to an activating group) is 1. The Morgan fingerprint density at radius 1 is 0.970 bits per heavy atom. The summed E-state index contributed by atoms with van der Waals surface area (Å²) in [6.07, 6.45) is 4.04. The smallest absolute Gasteiger partial charge is 0.256 e. The van der Waals surface area contributed by atoms with Crippen molar-refractivity contribution in [3.63, 3.8) is 0 Å². The number of hydrogen-bond acceptors (Lipinski definition) is 4. The van der Waals surface area contributed by atoms with Gasteiger partial charge in [-0.1, -0.05) is 60.7 Å². The minimum absolute atomic E-state index is 0.0262. The summed E-state index contributed by atoms with van der Waals surface area (Å²) in [4.78, 5) is 33.7. The maximum atomic E-state index is 13.3. The van der Waals surface area contributed by atoms with Gasteiger partial charge in [0, 0.05) is 39.5 Å². The van der Waals surface area contributed by atoms with Crippen molar-refractivity contribution in [2.45, 2.75) is 18.4 Å². The molecule has 6 heteroatoms. The van der Waals surface area contributed by atoms with E-state index in [4.69, 9.17) is 4.74 Å². The molecule has 0 spiro atoms. The third-order valence-electron chi connectivity index (χ3n) is 5.96. The van der Waals surface area contributed by atoms with E-state index >= 15 is 0 Å². The molecule has 1 saturated heterocycles. The van der Waals surface area contributed by atoms with E-state index in [1.165, 1.54) is 0 Å². The average Bonchev–Trinajstić information content (AvgIpc) is 2.85. The van der Waals surface area contributed by atoms with Crippen LogP contribution >= 0.6 is 0 Å². The molecule has 0 unspecified atom stereocenters.